The summed E-state index contributed by atoms with van der Waals surface area (Å²) in [4.78, 5) is 0. The van der Waals surface area contributed by atoms with E-state index in [9.17, 15) is 13.2 Å². The van der Waals surface area contributed by atoms with E-state index in [-0.39, 0.29) is 11.5 Å². The maximum absolute atomic E-state index is 12.7. The third-order valence-corrected chi connectivity index (χ3v) is 4.30. The first-order valence-electron chi connectivity index (χ1n) is 6.72. The predicted molar refractivity (Wildman–Crippen MR) is 76.0 cm³/mol. The Hall–Kier alpha value is -0.900. The van der Waals surface area contributed by atoms with E-state index in [1.54, 1.807) is 0 Å². The summed E-state index contributed by atoms with van der Waals surface area (Å²) in [6, 6.07) is 3.57. The molecular formula is C15H19ClF3N. The Morgan fingerprint density at radius 1 is 1.25 bits per heavy atom. The van der Waals surface area contributed by atoms with Gasteiger partial charge in [-0.2, -0.15) is 13.2 Å². The average Bonchev–Trinajstić information content (AvgIpc) is 2.53. The summed E-state index contributed by atoms with van der Waals surface area (Å²) in [5.41, 5.74) is -0.0871. The van der Waals surface area contributed by atoms with Crippen LogP contribution in [0, 0.1) is 11.3 Å². The van der Waals surface area contributed by atoms with E-state index in [1.807, 2.05) is 0 Å². The number of hydrogen-bond acceptors (Lipinski definition) is 1. The van der Waals surface area contributed by atoms with Crippen LogP contribution in [0.25, 0.3) is 0 Å². The molecule has 0 spiro atoms. The molecule has 2 rings (SSSR count). The topological polar surface area (TPSA) is 12.0 Å². The number of halogens is 4. The molecule has 2 atom stereocenters. The fourth-order valence-electron chi connectivity index (χ4n) is 3.10. The highest BCUT2D eigenvalue weighted by molar-refractivity contribution is 6.33. The zero-order valence-electron chi connectivity index (χ0n) is 11.8. The summed E-state index contributed by atoms with van der Waals surface area (Å²) >= 11 is 6.01. The maximum Gasteiger partial charge on any atom is 0.416 e. The van der Waals surface area contributed by atoms with Crippen LogP contribution < -0.4 is 5.32 Å². The van der Waals surface area contributed by atoms with Crippen LogP contribution in [0.4, 0.5) is 18.9 Å². The lowest BCUT2D eigenvalue weighted by Crippen LogP contribution is -2.23. The monoisotopic (exact) mass is 305 g/mol. The quantitative estimate of drug-likeness (QED) is 0.750. The molecule has 1 N–H and O–H groups in total. The Bertz CT molecular complexity index is 496. The number of benzene rings is 1. The van der Waals surface area contributed by atoms with Crippen molar-refractivity contribution in [2.24, 2.45) is 11.3 Å². The van der Waals surface area contributed by atoms with Crippen molar-refractivity contribution in [1.29, 1.82) is 0 Å². The van der Waals surface area contributed by atoms with E-state index >= 15 is 0 Å². The lowest BCUT2D eigenvalue weighted by molar-refractivity contribution is -0.137. The molecule has 1 nitrogen and oxygen atoms in total. The minimum Gasteiger partial charge on any atom is -0.381 e. The van der Waals surface area contributed by atoms with Gasteiger partial charge in [0, 0.05) is 6.04 Å². The first kappa shape index (κ1) is 15.5. The molecular weight excluding hydrogens is 287 g/mol. The molecule has 5 heteroatoms. The minimum atomic E-state index is -4.35. The van der Waals surface area contributed by atoms with Crippen molar-refractivity contribution in [2.45, 2.75) is 45.8 Å². The molecule has 0 aromatic heterocycles. The number of hydrogen-bond donors (Lipinski definition) is 1. The number of nitrogens with one attached hydrogen (secondary N) is 1. The van der Waals surface area contributed by atoms with E-state index in [0.717, 1.165) is 25.0 Å². The van der Waals surface area contributed by atoms with Crippen molar-refractivity contribution in [3.05, 3.63) is 28.8 Å². The standard InChI is InChI=1S/C15H19ClF3N/c1-9-7-14(2,3)8-13(9)20-12-6-10(15(17,18)19)4-5-11(12)16/h4-6,9,13,20H,7-8H2,1-3H3. The van der Waals surface area contributed by atoms with Gasteiger partial charge in [-0.05, 0) is 42.4 Å². The smallest absolute Gasteiger partial charge is 0.381 e. The van der Waals surface area contributed by atoms with Crippen molar-refractivity contribution >= 4 is 17.3 Å². The minimum absolute atomic E-state index is 0.158. The van der Waals surface area contributed by atoms with Gasteiger partial charge >= 0.3 is 6.18 Å². The fraction of sp³-hybridized carbons (Fsp3) is 0.600. The third kappa shape index (κ3) is 3.40. The Kier molecular flexibility index (Phi) is 3.98. The van der Waals surface area contributed by atoms with Crippen molar-refractivity contribution in [1.82, 2.24) is 0 Å². The molecule has 1 aliphatic rings. The summed E-state index contributed by atoms with van der Waals surface area (Å²) in [5.74, 6) is 0.413. The normalized spacial score (nSPS) is 25.8. The molecule has 0 bridgehead atoms. The van der Waals surface area contributed by atoms with Gasteiger partial charge in [-0.25, -0.2) is 0 Å². The van der Waals surface area contributed by atoms with E-state index < -0.39 is 11.7 Å². The zero-order chi connectivity index (χ0) is 15.1. The van der Waals surface area contributed by atoms with Crippen LogP contribution in [0.15, 0.2) is 18.2 Å². The van der Waals surface area contributed by atoms with E-state index in [2.05, 4.69) is 26.1 Å². The van der Waals surface area contributed by atoms with E-state index in [1.165, 1.54) is 6.07 Å². The van der Waals surface area contributed by atoms with Gasteiger partial charge in [-0.1, -0.05) is 32.4 Å². The maximum atomic E-state index is 12.7. The van der Waals surface area contributed by atoms with Gasteiger partial charge < -0.3 is 5.32 Å². The first-order valence-corrected chi connectivity index (χ1v) is 7.09. The van der Waals surface area contributed by atoms with Crippen LogP contribution >= 0.6 is 11.6 Å². The molecule has 20 heavy (non-hydrogen) atoms. The summed E-state index contributed by atoms with van der Waals surface area (Å²) in [6.45, 7) is 6.48. The molecule has 1 saturated carbocycles. The number of anilines is 1. The van der Waals surface area contributed by atoms with Gasteiger partial charge in [0.05, 0.1) is 16.3 Å². The van der Waals surface area contributed by atoms with Gasteiger partial charge in [-0.3, -0.25) is 0 Å². The van der Waals surface area contributed by atoms with Gasteiger partial charge in [0.15, 0.2) is 0 Å². The lowest BCUT2D eigenvalue weighted by atomic mass is 9.91. The van der Waals surface area contributed by atoms with Gasteiger partial charge in [0.25, 0.3) is 0 Å². The highest BCUT2D eigenvalue weighted by atomic mass is 35.5. The predicted octanol–water partition coefficient (Wildman–Crippen LogP) is 5.60. The molecule has 1 aliphatic carbocycles. The number of alkyl halides is 3. The molecule has 1 aromatic carbocycles. The van der Waals surface area contributed by atoms with Crippen LogP contribution in [0.3, 0.4) is 0 Å². The van der Waals surface area contributed by atoms with Gasteiger partial charge in [0.2, 0.25) is 0 Å². The second-order valence-corrected chi connectivity index (χ2v) is 6.90. The first-order chi connectivity index (χ1) is 9.08. The molecule has 0 radical (unpaired) electrons. The lowest BCUT2D eigenvalue weighted by Gasteiger charge is -2.21. The summed E-state index contributed by atoms with van der Waals surface area (Å²) < 4.78 is 38.2. The van der Waals surface area contributed by atoms with Crippen molar-refractivity contribution in [3.8, 4) is 0 Å². The van der Waals surface area contributed by atoms with E-state index in [4.69, 9.17) is 11.6 Å². The van der Waals surface area contributed by atoms with Crippen molar-refractivity contribution < 1.29 is 13.2 Å². The Labute approximate surface area is 122 Å². The molecule has 1 fully saturated rings. The SMILES string of the molecule is CC1CC(C)(C)CC1Nc1cc(C(F)(F)F)ccc1Cl. The van der Waals surface area contributed by atoms with Gasteiger partial charge in [-0.15, -0.1) is 0 Å². The number of rotatable bonds is 2. The molecule has 112 valence electrons. The highest BCUT2D eigenvalue weighted by Gasteiger charge is 2.37. The van der Waals surface area contributed by atoms with Crippen LogP contribution in [-0.2, 0) is 6.18 Å². The van der Waals surface area contributed by atoms with Crippen molar-refractivity contribution in [2.75, 3.05) is 5.32 Å². The zero-order valence-corrected chi connectivity index (χ0v) is 12.6. The summed E-state index contributed by atoms with van der Waals surface area (Å²) in [6.07, 6.45) is -2.36. The Morgan fingerprint density at radius 2 is 1.90 bits per heavy atom. The molecule has 0 heterocycles. The summed E-state index contributed by atoms with van der Waals surface area (Å²) in [7, 11) is 0. The molecule has 1 aromatic rings. The third-order valence-electron chi connectivity index (χ3n) is 3.97. The summed E-state index contributed by atoms with van der Waals surface area (Å²) in [5, 5.41) is 3.52. The molecule has 0 saturated heterocycles. The average molecular weight is 306 g/mol. The Morgan fingerprint density at radius 3 is 2.40 bits per heavy atom. The second kappa shape index (κ2) is 5.14. The molecule has 0 aliphatic heterocycles. The highest BCUT2D eigenvalue weighted by Crippen LogP contribution is 2.43. The van der Waals surface area contributed by atoms with Crippen LogP contribution in [0.2, 0.25) is 5.02 Å². The van der Waals surface area contributed by atoms with Crippen LogP contribution in [0.5, 0.6) is 0 Å². The molecule has 0 amide bonds. The van der Waals surface area contributed by atoms with Crippen molar-refractivity contribution in [3.63, 3.8) is 0 Å². The van der Waals surface area contributed by atoms with Crippen LogP contribution in [0.1, 0.15) is 39.2 Å². The van der Waals surface area contributed by atoms with Crippen LogP contribution in [-0.4, -0.2) is 6.04 Å². The second-order valence-electron chi connectivity index (χ2n) is 6.49. The Balaban J connectivity index is 2.21. The van der Waals surface area contributed by atoms with Gasteiger partial charge in [0.1, 0.15) is 0 Å². The largest absolute Gasteiger partial charge is 0.416 e. The van der Waals surface area contributed by atoms with E-state index in [0.29, 0.717) is 16.6 Å². The fourth-order valence-corrected chi connectivity index (χ4v) is 3.27. The molecule has 2 unspecified atom stereocenters.